The molecule has 0 N–H and O–H groups in total. The Hall–Kier alpha value is -0.900. The molecule has 3 fully saturated rings. The van der Waals surface area contributed by atoms with Crippen LogP contribution in [0, 0.1) is 5.92 Å². The second-order valence-electron chi connectivity index (χ2n) is 7.74. The minimum absolute atomic E-state index is 0.679. The van der Waals surface area contributed by atoms with Gasteiger partial charge in [-0.25, -0.2) is 0 Å². The van der Waals surface area contributed by atoms with Crippen LogP contribution in [0.4, 0.5) is 0 Å². The highest BCUT2D eigenvalue weighted by atomic mass is 15.3. The van der Waals surface area contributed by atoms with Crippen LogP contribution >= 0.6 is 0 Å². The van der Waals surface area contributed by atoms with E-state index in [1.807, 2.05) is 0 Å². The summed E-state index contributed by atoms with van der Waals surface area (Å²) >= 11 is 0. The summed E-state index contributed by atoms with van der Waals surface area (Å²) in [5.41, 5.74) is 0. The van der Waals surface area contributed by atoms with Gasteiger partial charge in [0.2, 0.25) is 0 Å². The zero-order valence-corrected chi connectivity index (χ0v) is 14.0. The number of hydrogen-bond acceptors (Lipinski definition) is 3. The molecular formula is C18H30N4. The highest BCUT2D eigenvalue weighted by Crippen LogP contribution is 2.37. The molecule has 2 heterocycles. The predicted octanol–water partition coefficient (Wildman–Crippen LogP) is 3.63. The zero-order valence-electron chi connectivity index (χ0n) is 14.0. The van der Waals surface area contributed by atoms with Crippen molar-refractivity contribution in [1.29, 1.82) is 0 Å². The summed E-state index contributed by atoms with van der Waals surface area (Å²) in [5.74, 6) is 4.04. The van der Waals surface area contributed by atoms with E-state index in [1.54, 1.807) is 0 Å². The number of nitrogens with zero attached hydrogens (tertiary/aromatic N) is 4. The van der Waals surface area contributed by atoms with Gasteiger partial charge in [-0.1, -0.05) is 25.7 Å². The third kappa shape index (κ3) is 2.70. The van der Waals surface area contributed by atoms with Gasteiger partial charge in [0.15, 0.2) is 0 Å². The Labute approximate surface area is 134 Å². The summed E-state index contributed by atoms with van der Waals surface area (Å²) in [5, 5.41) is 9.07. The van der Waals surface area contributed by atoms with Gasteiger partial charge in [-0.05, 0) is 51.0 Å². The highest BCUT2D eigenvalue weighted by Gasteiger charge is 2.33. The van der Waals surface area contributed by atoms with Crippen molar-refractivity contribution in [3.05, 3.63) is 11.6 Å². The van der Waals surface area contributed by atoms with Crippen LogP contribution in [0.3, 0.4) is 0 Å². The first-order chi connectivity index (χ1) is 10.8. The Kier molecular flexibility index (Phi) is 4.21. The number of likely N-dealkylation sites (tertiary alicyclic amines) is 1. The smallest absolute Gasteiger partial charge is 0.146 e. The fourth-order valence-corrected chi connectivity index (χ4v) is 4.81. The van der Waals surface area contributed by atoms with E-state index in [4.69, 9.17) is 0 Å². The van der Waals surface area contributed by atoms with E-state index in [9.17, 15) is 0 Å². The molecule has 4 nitrogen and oxygen atoms in total. The van der Waals surface area contributed by atoms with Crippen LogP contribution in [0.2, 0.25) is 0 Å². The van der Waals surface area contributed by atoms with Crippen LogP contribution in [0.15, 0.2) is 0 Å². The first-order valence-electron chi connectivity index (χ1n) is 9.45. The minimum Gasteiger partial charge on any atom is -0.317 e. The fraction of sp³-hybridized carbons (Fsp3) is 0.889. The fourth-order valence-electron chi connectivity index (χ4n) is 4.81. The molecule has 3 aliphatic rings. The van der Waals surface area contributed by atoms with Gasteiger partial charge >= 0.3 is 0 Å². The third-order valence-corrected chi connectivity index (χ3v) is 6.42. The van der Waals surface area contributed by atoms with Gasteiger partial charge in [0.05, 0.1) is 6.54 Å². The van der Waals surface area contributed by atoms with Crippen LogP contribution in [0.25, 0.3) is 0 Å². The summed E-state index contributed by atoms with van der Waals surface area (Å²) in [6, 6.07) is 0.806. The molecule has 0 bridgehead atoms. The van der Waals surface area contributed by atoms with Crippen molar-refractivity contribution in [2.45, 2.75) is 82.7 Å². The summed E-state index contributed by atoms with van der Waals surface area (Å²) in [6.45, 7) is 2.27. The van der Waals surface area contributed by atoms with Crippen molar-refractivity contribution in [2.75, 3.05) is 6.54 Å². The number of hydrogen-bond donors (Lipinski definition) is 0. The first-order valence-corrected chi connectivity index (χ1v) is 9.45. The Morgan fingerprint density at radius 2 is 1.68 bits per heavy atom. The van der Waals surface area contributed by atoms with Crippen LogP contribution in [-0.4, -0.2) is 32.3 Å². The Morgan fingerprint density at radius 1 is 0.909 bits per heavy atom. The van der Waals surface area contributed by atoms with Crippen molar-refractivity contribution in [3.8, 4) is 0 Å². The normalized spacial score (nSPS) is 30.6. The van der Waals surface area contributed by atoms with Gasteiger partial charge in [0.25, 0.3) is 0 Å². The predicted molar refractivity (Wildman–Crippen MR) is 87.6 cm³/mol. The van der Waals surface area contributed by atoms with E-state index < -0.39 is 0 Å². The topological polar surface area (TPSA) is 34.0 Å². The Morgan fingerprint density at radius 3 is 2.45 bits per heavy atom. The summed E-state index contributed by atoms with van der Waals surface area (Å²) in [4.78, 5) is 2.74. The molecule has 2 atom stereocenters. The standard InChI is InChI=1S/C18H30N4/c1-21-17(19-20-18(21)15-9-6-10-15)13-22-12-5-4-8-14-7-2-3-11-16(14)22/h14-16H,2-13H2,1H3/t14-,16+/m1/s1. The van der Waals surface area contributed by atoms with E-state index >= 15 is 0 Å². The Bertz CT molecular complexity index is 505. The maximum Gasteiger partial charge on any atom is 0.146 e. The summed E-state index contributed by atoms with van der Waals surface area (Å²) in [7, 11) is 2.18. The average molecular weight is 302 g/mol. The second kappa shape index (κ2) is 6.31. The SMILES string of the molecule is Cn1c(CN2CCCC[C@H]3CCCC[C@@H]32)nnc1C1CCC1. The van der Waals surface area contributed by atoms with Gasteiger partial charge in [0.1, 0.15) is 11.6 Å². The molecule has 1 aromatic heterocycles. The molecule has 0 unspecified atom stereocenters. The van der Waals surface area contributed by atoms with Crippen LogP contribution in [0.5, 0.6) is 0 Å². The van der Waals surface area contributed by atoms with Gasteiger partial charge in [-0.3, -0.25) is 4.90 Å². The molecule has 1 aromatic rings. The number of aromatic nitrogens is 3. The van der Waals surface area contributed by atoms with Crippen LogP contribution in [0.1, 0.15) is 81.8 Å². The minimum atomic E-state index is 0.679. The van der Waals surface area contributed by atoms with E-state index in [0.29, 0.717) is 5.92 Å². The largest absolute Gasteiger partial charge is 0.317 e. The van der Waals surface area contributed by atoms with Gasteiger partial charge in [0, 0.05) is 19.0 Å². The lowest BCUT2D eigenvalue weighted by Gasteiger charge is -2.38. The molecule has 0 amide bonds. The van der Waals surface area contributed by atoms with E-state index in [2.05, 4.69) is 26.7 Å². The lowest BCUT2D eigenvalue weighted by Crippen LogP contribution is -2.41. The molecule has 122 valence electrons. The van der Waals surface area contributed by atoms with E-state index in [-0.39, 0.29) is 0 Å². The molecule has 1 saturated heterocycles. The van der Waals surface area contributed by atoms with Gasteiger partial charge in [-0.2, -0.15) is 0 Å². The molecule has 2 saturated carbocycles. The van der Waals surface area contributed by atoms with Crippen molar-refractivity contribution in [3.63, 3.8) is 0 Å². The van der Waals surface area contributed by atoms with Crippen molar-refractivity contribution in [1.82, 2.24) is 19.7 Å². The average Bonchev–Trinajstić information content (AvgIpc) is 2.72. The molecule has 0 aromatic carbocycles. The van der Waals surface area contributed by atoms with Crippen LogP contribution < -0.4 is 0 Å². The first kappa shape index (κ1) is 14.7. The molecule has 0 spiro atoms. The van der Waals surface area contributed by atoms with Gasteiger partial charge < -0.3 is 4.57 Å². The van der Waals surface area contributed by atoms with E-state index in [1.165, 1.54) is 82.4 Å². The maximum atomic E-state index is 4.55. The molecule has 4 heteroatoms. The lowest BCUT2D eigenvalue weighted by molar-refractivity contribution is 0.106. The monoisotopic (exact) mass is 302 g/mol. The summed E-state index contributed by atoms with van der Waals surface area (Å²) in [6.07, 6.45) is 13.9. The molecule has 0 radical (unpaired) electrons. The van der Waals surface area contributed by atoms with Gasteiger partial charge in [-0.15, -0.1) is 10.2 Å². The molecule has 22 heavy (non-hydrogen) atoms. The number of fused-ring (bicyclic) bond motifs is 1. The molecule has 1 aliphatic heterocycles. The second-order valence-corrected chi connectivity index (χ2v) is 7.74. The highest BCUT2D eigenvalue weighted by molar-refractivity contribution is 5.05. The van der Waals surface area contributed by atoms with Crippen molar-refractivity contribution >= 4 is 0 Å². The molecule has 2 aliphatic carbocycles. The van der Waals surface area contributed by atoms with Crippen LogP contribution in [-0.2, 0) is 13.6 Å². The third-order valence-electron chi connectivity index (χ3n) is 6.42. The quantitative estimate of drug-likeness (QED) is 0.855. The van der Waals surface area contributed by atoms with E-state index in [0.717, 1.165) is 18.5 Å². The number of rotatable bonds is 3. The van der Waals surface area contributed by atoms with Crippen molar-refractivity contribution < 1.29 is 0 Å². The lowest BCUT2D eigenvalue weighted by atomic mass is 9.81. The zero-order chi connectivity index (χ0) is 14.9. The molecular weight excluding hydrogens is 272 g/mol. The van der Waals surface area contributed by atoms with Crippen molar-refractivity contribution in [2.24, 2.45) is 13.0 Å². The maximum absolute atomic E-state index is 4.55. The Balaban J connectivity index is 1.50. The summed E-state index contributed by atoms with van der Waals surface area (Å²) < 4.78 is 2.30. The molecule has 4 rings (SSSR count).